The molecule has 0 aliphatic heterocycles. The predicted molar refractivity (Wildman–Crippen MR) is 103 cm³/mol. The number of aromatic nitrogens is 1. The van der Waals surface area contributed by atoms with Crippen LogP contribution in [0.3, 0.4) is 0 Å². The van der Waals surface area contributed by atoms with E-state index in [9.17, 15) is 9.18 Å². The van der Waals surface area contributed by atoms with Crippen molar-refractivity contribution in [2.24, 2.45) is 0 Å². The maximum atomic E-state index is 13.8. The molecule has 0 radical (unpaired) electrons. The molecule has 2 N–H and O–H groups in total. The quantitative estimate of drug-likeness (QED) is 0.639. The highest BCUT2D eigenvalue weighted by Gasteiger charge is 2.16. The standard InChI is InChI=1S/C20H17ClFN3O/c1-12-5-3-8-17(13(12)2)25-18-10-9-14(11-23-18)24-20(26)19-15(21)6-4-7-16(19)22/h3-11H,1-2H3,(H,23,25)(H,24,26). The summed E-state index contributed by atoms with van der Waals surface area (Å²) in [6.07, 6.45) is 1.50. The van der Waals surface area contributed by atoms with Crippen molar-refractivity contribution in [2.45, 2.75) is 13.8 Å². The van der Waals surface area contributed by atoms with Crippen molar-refractivity contribution in [2.75, 3.05) is 10.6 Å². The Labute approximate surface area is 156 Å². The van der Waals surface area contributed by atoms with Gasteiger partial charge in [-0.25, -0.2) is 9.37 Å². The number of hydrogen-bond acceptors (Lipinski definition) is 3. The fraction of sp³-hybridized carbons (Fsp3) is 0.100. The van der Waals surface area contributed by atoms with E-state index in [0.29, 0.717) is 11.5 Å². The van der Waals surface area contributed by atoms with E-state index in [1.54, 1.807) is 12.1 Å². The van der Waals surface area contributed by atoms with Crippen molar-refractivity contribution in [3.8, 4) is 0 Å². The fourth-order valence-electron chi connectivity index (χ4n) is 2.47. The van der Waals surface area contributed by atoms with Crippen LogP contribution in [0.5, 0.6) is 0 Å². The summed E-state index contributed by atoms with van der Waals surface area (Å²) in [6.45, 7) is 4.07. The largest absolute Gasteiger partial charge is 0.340 e. The van der Waals surface area contributed by atoms with Gasteiger partial charge in [0, 0.05) is 5.69 Å². The molecule has 1 aromatic heterocycles. The minimum Gasteiger partial charge on any atom is -0.340 e. The number of nitrogens with zero attached hydrogens (tertiary/aromatic N) is 1. The topological polar surface area (TPSA) is 54.0 Å². The number of carbonyl (C=O) groups excluding carboxylic acids is 1. The molecule has 0 saturated carbocycles. The van der Waals surface area contributed by atoms with Gasteiger partial charge in [-0.3, -0.25) is 4.79 Å². The van der Waals surface area contributed by atoms with Gasteiger partial charge in [0.15, 0.2) is 0 Å². The molecular formula is C20H17ClFN3O. The molecular weight excluding hydrogens is 353 g/mol. The lowest BCUT2D eigenvalue weighted by atomic mass is 10.1. The highest BCUT2D eigenvalue weighted by Crippen LogP contribution is 2.23. The van der Waals surface area contributed by atoms with Crippen LogP contribution < -0.4 is 10.6 Å². The average molecular weight is 370 g/mol. The predicted octanol–water partition coefficient (Wildman–Crippen LogP) is 5.49. The molecule has 0 saturated heterocycles. The van der Waals surface area contributed by atoms with Crippen LogP contribution in [0.2, 0.25) is 5.02 Å². The van der Waals surface area contributed by atoms with Gasteiger partial charge in [-0.15, -0.1) is 0 Å². The third-order valence-electron chi connectivity index (χ3n) is 4.08. The van der Waals surface area contributed by atoms with Gasteiger partial charge in [0.1, 0.15) is 11.6 Å². The van der Waals surface area contributed by atoms with Crippen molar-refractivity contribution in [3.05, 3.63) is 82.3 Å². The number of amides is 1. The first kappa shape index (κ1) is 17.9. The summed E-state index contributed by atoms with van der Waals surface area (Å²) < 4.78 is 13.8. The first-order chi connectivity index (χ1) is 12.5. The summed E-state index contributed by atoms with van der Waals surface area (Å²) in [7, 11) is 0. The van der Waals surface area contributed by atoms with Gasteiger partial charge in [0.05, 0.1) is 22.5 Å². The van der Waals surface area contributed by atoms with Crippen molar-refractivity contribution < 1.29 is 9.18 Å². The second-order valence-corrected chi connectivity index (χ2v) is 6.26. The van der Waals surface area contributed by atoms with Crippen LogP contribution in [0, 0.1) is 19.7 Å². The van der Waals surface area contributed by atoms with E-state index >= 15 is 0 Å². The Morgan fingerprint density at radius 3 is 2.54 bits per heavy atom. The molecule has 0 unspecified atom stereocenters. The van der Waals surface area contributed by atoms with Crippen LogP contribution in [0.15, 0.2) is 54.7 Å². The minimum atomic E-state index is -0.670. The lowest BCUT2D eigenvalue weighted by molar-refractivity contribution is 0.102. The highest BCUT2D eigenvalue weighted by atomic mass is 35.5. The molecule has 3 rings (SSSR count). The van der Waals surface area contributed by atoms with Gasteiger partial charge in [-0.2, -0.15) is 0 Å². The molecule has 6 heteroatoms. The number of nitrogens with one attached hydrogen (secondary N) is 2. The molecule has 2 aromatic carbocycles. The molecule has 0 aliphatic carbocycles. The van der Waals surface area contributed by atoms with E-state index in [4.69, 9.17) is 11.6 Å². The Morgan fingerprint density at radius 2 is 1.85 bits per heavy atom. The van der Waals surface area contributed by atoms with E-state index in [-0.39, 0.29) is 10.6 Å². The molecule has 1 heterocycles. The highest BCUT2D eigenvalue weighted by molar-refractivity contribution is 6.34. The smallest absolute Gasteiger partial charge is 0.260 e. The van der Waals surface area contributed by atoms with E-state index in [0.717, 1.165) is 11.3 Å². The molecule has 0 atom stereocenters. The first-order valence-electron chi connectivity index (χ1n) is 8.00. The van der Waals surface area contributed by atoms with Gasteiger partial charge in [0.25, 0.3) is 5.91 Å². The monoisotopic (exact) mass is 369 g/mol. The van der Waals surface area contributed by atoms with E-state index in [1.807, 2.05) is 32.0 Å². The fourth-order valence-corrected chi connectivity index (χ4v) is 2.72. The minimum absolute atomic E-state index is 0.0590. The molecule has 0 fully saturated rings. The molecule has 0 aliphatic rings. The first-order valence-corrected chi connectivity index (χ1v) is 8.38. The van der Waals surface area contributed by atoms with Crippen molar-refractivity contribution in [1.82, 2.24) is 4.98 Å². The van der Waals surface area contributed by atoms with E-state index in [2.05, 4.69) is 15.6 Å². The summed E-state index contributed by atoms with van der Waals surface area (Å²) >= 11 is 5.91. The van der Waals surface area contributed by atoms with Crippen molar-refractivity contribution in [1.29, 1.82) is 0 Å². The van der Waals surface area contributed by atoms with E-state index in [1.165, 1.54) is 30.0 Å². The van der Waals surface area contributed by atoms with Crippen LogP contribution >= 0.6 is 11.6 Å². The lowest BCUT2D eigenvalue weighted by Crippen LogP contribution is -2.14. The zero-order valence-corrected chi connectivity index (χ0v) is 15.1. The normalized spacial score (nSPS) is 10.5. The maximum Gasteiger partial charge on any atom is 0.260 e. The molecule has 132 valence electrons. The lowest BCUT2D eigenvalue weighted by Gasteiger charge is -2.12. The van der Waals surface area contributed by atoms with Gasteiger partial charge in [-0.1, -0.05) is 29.8 Å². The van der Waals surface area contributed by atoms with Gasteiger partial charge in [-0.05, 0) is 55.3 Å². The summed E-state index contributed by atoms with van der Waals surface area (Å²) in [6, 6.07) is 13.5. The molecule has 4 nitrogen and oxygen atoms in total. The molecule has 0 bridgehead atoms. The Kier molecular flexibility index (Phi) is 5.19. The second-order valence-electron chi connectivity index (χ2n) is 5.86. The maximum absolute atomic E-state index is 13.8. The Morgan fingerprint density at radius 1 is 1.08 bits per heavy atom. The number of halogens is 2. The zero-order valence-electron chi connectivity index (χ0n) is 14.3. The third-order valence-corrected chi connectivity index (χ3v) is 4.39. The number of aryl methyl sites for hydroxylation is 1. The Hall–Kier alpha value is -2.92. The van der Waals surface area contributed by atoms with Gasteiger partial charge < -0.3 is 10.6 Å². The second kappa shape index (κ2) is 7.54. The van der Waals surface area contributed by atoms with Crippen LogP contribution in [0.25, 0.3) is 0 Å². The summed E-state index contributed by atoms with van der Waals surface area (Å²) in [4.78, 5) is 16.5. The number of hydrogen-bond donors (Lipinski definition) is 2. The summed E-state index contributed by atoms with van der Waals surface area (Å²) in [5.41, 5.74) is 3.54. The van der Waals surface area contributed by atoms with E-state index < -0.39 is 11.7 Å². The van der Waals surface area contributed by atoms with Gasteiger partial charge in [0.2, 0.25) is 0 Å². The zero-order chi connectivity index (χ0) is 18.7. The molecule has 1 amide bonds. The third kappa shape index (κ3) is 3.83. The van der Waals surface area contributed by atoms with Crippen molar-refractivity contribution >= 4 is 34.7 Å². The number of pyridine rings is 1. The van der Waals surface area contributed by atoms with Crippen LogP contribution in [-0.4, -0.2) is 10.9 Å². The summed E-state index contributed by atoms with van der Waals surface area (Å²) in [5.74, 6) is -0.651. The summed E-state index contributed by atoms with van der Waals surface area (Å²) in [5, 5.41) is 5.90. The Bertz CT molecular complexity index is 938. The van der Waals surface area contributed by atoms with Crippen LogP contribution in [0.1, 0.15) is 21.5 Å². The number of carbonyl (C=O) groups is 1. The molecule has 26 heavy (non-hydrogen) atoms. The van der Waals surface area contributed by atoms with Crippen LogP contribution in [0.4, 0.5) is 21.6 Å². The van der Waals surface area contributed by atoms with Crippen molar-refractivity contribution in [3.63, 3.8) is 0 Å². The number of anilines is 3. The Balaban J connectivity index is 1.74. The van der Waals surface area contributed by atoms with Gasteiger partial charge >= 0.3 is 0 Å². The molecule has 0 spiro atoms. The SMILES string of the molecule is Cc1cccc(Nc2ccc(NC(=O)c3c(F)cccc3Cl)cn2)c1C. The van der Waals surface area contributed by atoms with Crippen LogP contribution in [-0.2, 0) is 0 Å². The molecule has 3 aromatic rings. The number of benzene rings is 2. The number of rotatable bonds is 4. The average Bonchev–Trinajstić information content (AvgIpc) is 2.60.